The molecule has 1 amide bonds. The molecule has 20 heavy (non-hydrogen) atoms. The number of nitrogens with two attached hydrogens (primary N) is 1. The molecule has 1 heterocycles. The number of carbonyl (C=O) groups excluding carboxylic acids is 1. The number of pyridine rings is 1. The Morgan fingerprint density at radius 1 is 1.35 bits per heavy atom. The van der Waals surface area contributed by atoms with Gasteiger partial charge in [0, 0.05) is 19.2 Å². The van der Waals surface area contributed by atoms with E-state index in [1.807, 2.05) is 26.8 Å². The number of nitrogens with zero attached hydrogens (tertiary/aromatic N) is 1. The molecule has 0 fully saturated rings. The topological polar surface area (TPSA) is 80.0 Å². The van der Waals surface area contributed by atoms with Crippen LogP contribution < -0.4 is 16.4 Å². The summed E-state index contributed by atoms with van der Waals surface area (Å²) in [6.07, 6.45) is 5.17. The minimum Gasteiger partial charge on any atom is -0.397 e. The molecule has 0 unspecified atom stereocenters. The first kappa shape index (κ1) is 16.0. The van der Waals surface area contributed by atoms with Crippen LogP contribution in [0, 0.1) is 6.92 Å². The molecular formula is C15H24N4O. The second-order valence-corrected chi connectivity index (χ2v) is 5.08. The van der Waals surface area contributed by atoms with Crippen molar-refractivity contribution in [1.82, 2.24) is 10.3 Å². The fourth-order valence-corrected chi connectivity index (χ4v) is 1.76. The zero-order chi connectivity index (χ0) is 15.0. The number of allylic oxidation sites excluding steroid dienone is 1. The Kier molecular flexibility index (Phi) is 6.56. The van der Waals surface area contributed by atoms with E-state index in [0.29, 0.717) is 12.2 Å². The highest BCUT2D eigenvalue weighted by molar-refractivity contribution is 5.87. The SMILES string of the molecule is CC(C)=CC(=O)NCCCCNc1ncc(N)cc1C. The third-order valence-corrected chi connectivity index (χ3v) is 2.71. The number of aryl methyl sites for hydroxylation is 1. The number of nitrogen functional groups attached to an aromatic ring is 1. The average molecular weight is 276 g/mol. The lowest BCUT2D eigenvalue weighted by Gasteiger charge is -2.09. The lowest BCUT2D eigenvalue weighted by Crippen LogP contribution is -2.22. The van der Waals surface area contributed by atoms with Gasteiger partial charge in [0.1, 0.15) is 5.82 Å². The molecule has 0 saturated carbocycles. The van der Waals surface area contributed by atoms with E-state index in [1.54, 1.807) is 12.3 Å². The molecule has 0 aliphatic heterocycles. The van der Waals surface area contributed by atoms with Gasteiger partial charge >= 0.3 is 0 Å². The van der Waals surface area contributed by atoms with Crippen LogP contribution in [0.25, 0.3) is 0 Å². The van der Waals surface area contributed by atoms with E-state index in [-0.39, 0.29) is 5.91 Å². The van der Waals surface area contributed by atoms with Gasteiger partial charge in [-0.2, -0.15) is 0 Å². The molecule has 5 heteroatoms. The normalized spacial score (nSPS) is 9.95. The standard InChI is InChI=1S/C15H24N4O/c1-11(2)8-14(20)17-6-4-5-7-18-15-12(3)9-13(16)10-19-15/h8-10H,4-7,16H2,1-3H3,(H,17,20)(H,18,19). The highest BCUT2D eigenvalue weighted by Crippen LogP contribution is 2.13. The van der Waals surface area contributed by atoms with Crippen LogP contribution in [0.4, 0.5) is 11.5 Å². The van der Waals surface area contributed by atoms with Crippen LogP contribution >= 0.6 is 0 Å². The Morgan fingerprint density at radius 3 is 2.70 bits per heavy atom. The van der Waals surface area contributed by atoms with Crippen LogP contribution in [0.15, 0.2) is 23.9 Å². The second kappa shape index (κ2) is 8.19. The fourth-order valence-electron chi connectivity index (χ4n) is 1.76. The minimum absolute atomic E-state index is 0.0194. The van der Waals surface area contributed by atoms with E-state index in [2.05, 4.69) is 15.6 Å². The molecule has 1 aromatic heterocycles. The molecule has 0 spiro atoms. The van der Waals surface area contributed by atoms with Crippen molar-refractivity contribution in [3.63, 3.8) is 0 Å². The first-order valence-corrected chi connectivity index (χ1v) is 6.88. The van der Waals surface area contributed by atoms with Gasteiger partial charge in [-0.3, -0.25) is 4.79 Å². The molecule has 0 aliphatic rings. The van der Waals surface area contributed by atoms with Gasteiger partial charge < -0.3 is 16.4 Å². The third kappa shape index (κ3) is 6.22. The fraction of sp³-hybridized carbons (Fsp3) is 0.467. The Bertz CT molecular complexity index is 479. The number of aromatic nitrogens is 1. The lowest BCUT2D eigenvalue weighted by atomic mass is 10.2. The quantitative estimate of drug-likeness (QED) is 0.527. The summed E-state index contributed by atoms with van der Waals surface area (Å²) in [7, 11) is 0. The maximum absolute atomic E-state index is 11.4. The molecule has 4 N–H and O–H groups in total. The van der Waals surface area contributed by atoms with Crippen molar-refractivity contribution < 1.29 is 4.79 Å². The predicted octanol–water partition coefficient (Wildman–Crippen LogP) is 2.25. The summed E-state index contributed by atoms with van der Waals surface area (Å²) in [6.45, 7) is 7.32. The number of rotatable bonds is 7. The maximum atomic E-state index is 11.4. The lowest BCUT2D eigenvalue weighted by molar-refractivity contribution is -0.116. The summed E-state index contributed by atoms with van der Waals surface area (Å²) >= 11 is 0. The number of anilines is 2. The first-order chi connectivity index (χ1) is 9.49. The third-order valence-electron chi connectivity index (χ3n) is 2.71. The van der Waals surface area contributed by atoms with Crippen LogP contribution in [0.1, 0.15) is 32.3 Å². The number of amides is 1. The minimum atomic E-state index is -0.0194. The molecule has 0 bridgehead atoms. The number of hydrogen-bond donors (Lipinski definition) is 3. The van der Waals surface area contributed by atoms with Crippen molar-refractivity contribution in [2.75, 3.05) is 24.1 Å². The van der Waals surface area contributed by atoms with Gasteiger partial charge in [-0.25, -0.2) is 4.98 Å². The monoisotopic (exact) mass is 276 g/mol. The van der Waals surface area contributed by atoms with Gasteiger partial charge in [0.2, 0.25) is 5.91 Å². The molecule has 0 atom stereocenters. The van der Waals surface area contributed by atoms with E-state index < -0.39 is 0 Å². The number of unbranched alkanes of at least 4 members (excludes halogenated alkanes) is 1. The van der Waals surface area contributed by atoms with E-state index >= 15 is 0 Å². The van der Waals surface area contributed by atoms with E-state index in [1.165, 1.54) is 0 Å². The van der Waals surface area contributed by atoms with Crippen molar-refractivity contribution in [1.29, 1.82) is 0 Å². The van der Waals surface area contributed by atoms with Gasteiger partial charge in [0.15, 0.2) is 0 Å². The molecule has 1 aromatic rings. The van der Waals surface area contributed by atoms with Crippen molar-refractivity contribution in [2.45, 2.75) is 33.6 Å². The zero-order valence-corrected chi connectivity index (χ0v) is 12.5. The smallest absolute Gasteiger partial charge is 0.243 e. The highest BCUT2D eigenvalue weighted by Gasteiger charge is 1.99. The molecule has 0 aliphatic carbocycles. The van der Waals surface area contributed by atoms with Crippen molar-refractivity contribution >= 4 is 17.4 Å². The first-order valence-electron chi connectivity index (χ1n) is 6.88. The van der Waals surface area contributed by atoms with Gasteiger partial charge in [-0.1, -0.05) is 5.57 Å². The predicted molar refractivity (Wildman–Crippen MR) is 83.6 cm³/mol. The molecule has 5 nitrogen and oxygen atoms in total. The summed E-state index contributed by atoms with van der Waals surface area (Å²) in [5, 5.41) is 6.13. The molecular weight excluding hydrogens is 252 g/mol. The van der Waals surface area contributed by atoms with E-state index in [0.717, 1.165) is 36.3 Å². The number of hydrogen-bond acceptors (Lipinski definition) is 4. The Balaban J connectivity index is 2.16. The van der Waals surface area contributed by atoms with Gasteiger partial charge in [0.25, 0.3) is 0 Å². The van der Waals surface area contributed by atoms with Gasteiger partial charge in [-0.15, -0.1) is 0 Å². The van der Waals surface area contributed by atoms with Crippen molar-refractivity contribution in [3.05, 3.63) is 29.5 Å². The number of carbonyl (C=O) groups is 1. The largest absolute Gasteiger partial charge is 0.397 e. The average Bonchev–Trinajstić information content (AvgIpc) is 2.34. The van der Waals surface area contributed by atoms with Gasteiger partial charge in [0.05, 0.1) is 11.9 Å². The van der Waals surface area contributed by atoms with Gasteiger partial charge in [-0.05, 0) is 45.2 Å². The molecule has 0 radical (unpaired) electrons. The summed E-state index contributed by atoms with van der Waals surface area (Å²) in [4.78, 5) is 15.6. The summed E-state index contributed by atoms with van der Waals surface area (Å²) in [5.74, 6) is 0.849. The summed E-state index contributed by atoms with van der Waals surface area (Å²) in [6, 6.07) is 1.90. The van der Waals surface area contributed by atoms with Crippen LogP contribution in [0.3, 0.4) is 0 Å². The van der Waals surface area contributed by atoms with Crippen LogP contribution in [-0.2, 0) is 4.79 Å². The molecule has 0 aromatic carbocycles. The maximum Gasteiger partial charge on any atom is 0.243 e. The Hall–Kier alpha value is -2.04. The van der Waals surface area contributed by atoms with E-state index in [4.69, 9.17) is 5.73 Å². The van der Waals surface area contributed by atoms with Crippen molar-refractivity contribution in [2.24, 2.45) is 0 Å². The zero-order valence-electron chi connectivity index (χ0n) is 12.5. The van der Waals surface area contributed by atoms with E-state index in [9.17, 15) is 4.79 Å². The second-order valence-electron chi connectivity index (χ2n) is 5.08. The number of nitrogens with one attached hydrogen (secondary N) is 2. The Labute approximate surface area is 120 Å². The van der Waals surface area contributed by atoms with Crippen LogP contribution in [0.2, 0.25) is 0 Å². The molecule has 1 rings (SSSR count). The summed E-state index contributed by atoms with van der Waals surface area (Å²) in [5.41, 5.74) is 8.38. The Morgan fingerprint density at radius 2 is 2.05 bits per heavy atom. The van der Waals surface area contributed by atoms with Crippen LogP contribution in [-0.4, -0.2) is 24.0 Å². The molecule has 0 saturated heterocycles. The van der Waals surface area contributed by atoms with Crippen LogP contribution in [0.5, 0.6) is 0 Å². The highest BCUT2D eigenvalue weighted by atomic mass is 16.1. The summed E-state index contributed by atoms with van der Waals surface area (Å²) < 4.78 is 0. The van der Waals surface area contributed by atoms with Crippen molar-refractivity contribution in [3.8, 4) is 0 Å². The molecule has 110 valence electrons.